The quantitative estimate of drug-likeness (QED) is 0.834. The highest BCUT2D eigenvalue weighted by Crippen LogP contribution is 2.34. The molecule has 0 saturated heterocycles. The topological polar surface area (TPSA) is 38.8 Å². The maximum absolute atomic E-state index is 12.6. The molecule has 0 aromatic heterocycles. The largest absolute Gasteiger partial charge is 0.497 e. The fourth-order valence-corrected chi connectivity index (χ4v) is 3.10. The Morgan fingerprint density at radius 3 is 2.50 bits per heavy atom. The monoisotopic (exact) mass is 361 g/mol. The molecule has 0 N–H and O–H groups in total. The molecule has 0 fully saturated rings. The lowest BCUT2D eigenvalue weighted by Crippen LogP contribution is -2.23. The van der Waals surface area contributed by atoms with Gasteiger partial charge in [0.05, 0.1) is 20.8 Å². The molecule has 0 saturated carbocycles. The van der Waals surface area contributed by atoms with Gasteiger partial charge in [-0.05, 0) is 29.8 Å². The van der Waals surface area contributed by atoms with Crippen LogP contribution in [0, 0.1) is 0 Å². The van der Waals surface area contributed by atoms with Crippen molar-refractivity contribution in [1.82, 2.24) is 4.90 Å². The highest BCUT2D eigenvalue weighted by atomic mass is 79.9. The van der Waals surface area contributed by atoms with Crippen molar-refractivity contribution in [3.8, 4) is 11.5 Å². The van der Waals surface area contributed by atoms with Crippen LogP contribution < -0.4 is 9.47 Å². The minimum Gasteiger partial charge on any atom is -0.497 e. The number of fused-ring (bicyclic) bond motifs is 1. The Balaban J connectivity index is 1.84. The van der Waals surface area contributed by atoms with Gasteiger partial charge in [-0.3, -0.25) is 4.79 Å². The number of rotatable bonds is 4. The molecule has 1 amide bonds. The van der Waals surface area contributed by atoms with Gasteiger partial charge in [-0.1, -0.05) is 28.1 Å². The van der Waals surface area contributed by atoms with Crippen molar-refractivity contribution in [2.24, 2.45) is 0 Å². The van der Waals surface area contributed by atoms with Gasteiger partial charge in [-0.25, -0.2) is 0 Å². The average molecular weight is 362 g/mol. The predicted octanol–water partition coefficient (Wildman–Crippen LogP) is 3.62. The second kappa shape index (κ2) is 6.01. The first-order chi connectivity index (χ1) is 10.6. The molecule has 114 valence electrons. The Morgan fingerprint density at radius 2 is 1.86 bits per heavy atom. The molecule has 0 bridgehead atoms. The van der Waals surface area contributed by atoms with Crippen LogP contribution in [-0.2, 0) is 13.1 Å². The third kappa shape index (κ3) is 2.68. The zero-order valence-corrected chi connectivity index (χ0v) is 14.0. The van der Waals surface area contributed by atoms with E-state index in [0.29, 0.717) is 18.7 Å². The molecule has 4 nitrogen and oxygen atoms in total. The first kappa shape index (κ1) is 14.9. The van der Waals surface area contributed by atoms with Crippen LogP contribution >= 0.6 is 15.9 Å². The van der Waals surface area contributed by atoms with Crippen LogP contribution in [0.5, 0.6) is 11.5 Å². The van der Waals surface area contributed by atoms with E-state index >= 15 is 0 Å². The average Bonchev–Trinajstić information content (AvgIpc) is 2.84. The van der Waals surface area contributed by atoms with Gasteiger partial charge in [-0.2, -0.15) is 0 Å². The van der Waals surface area contributed by atoms with Gasteiger partial charge in [0.25, 0.3) is 5.91 Å². The van der Waals surface area contributed by atoms with E-state index in [1.807, 2.05) is 41.3 Å². The highest BCUT2D eigenvalue weighted by Gasteiger charge is 2.30. The van der Waals surface area contributed by atoms with Crippen molar-refractivity contribution in [3.63, 3.8) is 0 Å². The van der Waals surface area contributed by atoms with Crippen molar-refractivity contribution in [2.45, 2.75) is 13.1 Å². The van der Waals surface area contributed by atoms with E-state index in [0.717, 1.165) is 27.1 Å². The lowest BCUT2D eigenvalue weighted by Gasteiger charge is -2.16. The van der Waals surface area contributed by atoms with Crippen LogP contribution in [0.1, 0.15) is 21.5 Å². The molecule has 0 spiro atoms. The maximum atomic E-state index is 12.6. The zero-order valence-electron chi connectivity index (χ0n) is 12.4. The molecular formula is C17H16BrNO3. The molecule has 3 rings (SSSR count). The number of benzene rings is 2. The fourth-order valence-electron chi connectivity index (χ4n) is 2.66. The van der Waals surface area contributed by atoms with Crippen LogP contribution in [0.15, 0.2) is 40.9 Å². The lowest BCUT2D eigenvalue weighted by atomic mass is 10.1. The SMILES string of the molecule is COc1ccc(CN2Cc3c(OC)cc(Br)cc3C2=O)cc1. The third-order valence-corrected chi connectivity index (χ3v) is 4.25. The Morgan fingerprint density at radius 1 is 1.14 bits per heavy atom. The second-order valence-corrected chi connectivity index (χ2v) is 6.06. The Labute approximate surface area is 137 Å². The van der Waals surface area contributed by atoms with Gasteiger partial charge in [-0.15, -0.1) is 0 Å². The second-order valence-electron chi connectivity index (χ2n) is 5.14. The van der Waals surface area contributed by atoms with Gasteiger partial charge in [0.15, 0.2) is 0 Å². The van der Waals surface area contributed by atoms with Crippen molar-refractivity contribution >= 4 is 21.8 Å². The summed E-state index contributed by atoms with van der Waals surface area (Å²) in [6.45, 7) is 1.13. The summed E-state index contributed by atoms with van der Waals surface area (Å²) < 4.78 is 11.4. The molecule has 0 radical (unpaired) electrons. The summed E-state index contributed by atoms with van der Waals surface area (Å²) in [5, 5.41) is 0. The smallest absolute Gasteiger partial charge is 0.254 e. The number of nitrogens with zero attached hydrogens (tertiary/aromatic N) is 1. The van der Waals surface area contributed by atoms with Crippen LogP contribution in [0.2, 0.25) is 0 Å². The van der Waals surface area contributed by atoms with Crippen LogP contribution in [0.4, 0.5) is 0 Å². The first-order valence-corrected chi connectivity index (χ1v) is 7.70. The number of carbonyl (C=O) groups is 1. The normalized spacial score (nSPS) is 13.2. The van der Waals surface area contributed by atoms with E-state index in [-0.39, 0.29) is 5.91 Å². The van der Waals surface area contributed by atoms with Gasteiger partial charge in [0.1, 0.15) is 11.5 Å². The maximum Gasteiger partial charge on any atom is 0.254 e. The van der Waals surface area contributed by atoms with Crippen LogP contribution in [-0.4, -0.2) is 25.0 Å². The summed E-state index contributed by atoms with van der Waals surface area (Å²) in [6.07, 6.45) is 0. The van der Waals surface area contributed by atoms with Gasteiger partial charge < -0.3 is 14.4 Å². The molecule has 0 atom stereocenters. The molecule has 0 aliphatic carbocycles. The van der Waals surface area contributed by atoms with Crippen LogP contribution in [0.3, 0.4) is 0 Å². The highest BCUT2D eigenvalue weighted by molar-refractivity contribution is 9.10. The summed E-state index contributed by atoms with van der Waals surface area (Å²) in [4.78, 5) is 14.4. The number of hydrogen-bond donors (Lipinski definition) is 0. The Hall–Kier alpha value is -2.01. The van der Waals surface area contributed by atoms with Crippen molar-refractivity contribution < 1.29 is 14.3 Å². The van der Waals surface area contributed by atoms with Gasteiger partial charge >= 0.3 is 0 Å². The van der Waals surface area contributed by atoms with E-state index in [9.17, 15) is 4.79 Å². The molecule has 1 aliphatic rings. The molecular weight excluding hydrogens is 346 g/mol. The first-order valence-electron chi connectivity index (χ1n) is 6.91. The summed E-state index contributed by atoms with van der Waals surface area (Å²) >= 11 is 3.42. The molecule has 22 heavy (non-hydrogen) atoms. The fraction of sp³-hybridized carbons (Fsp3) is 0.235. The van der Waals surface area contributed by atoms with E-state index in [1.54, 1.807) is 14.2 Å². The number of halogens is 1. The molecule has 5 heteroatoms. The van der Waals surface area contributed by atoms with E-state index in [1.165, 1.54) is 0 Å². The minimum atomic E-state index is 0.0328. The predicted molar refractivity (Wildman–Crippen MR) is 87.3 cm³/mol. The van der Waals surface area contributed by atoms with Crippen molar-refractivity contribution in [3.05, 3.63) is 57.6 Å². The lowest BCUT2D eigenvalue weighted by molar-refractivity contribution is 0.0766. The number of methoxy groups -OCH3 is 2. The summed E-state index contributed by atoms with van der Waals surface area (Å²) in [7, 11) is 3.26. The number of amides is 1. The molecule has 0 unspecified atom stereocenters. The summed E-state index contributed by atoms with van der Waals surface area (Å²) in [6, 6.07) is 11.5. The van der Waals surface area contributed by atoms with E-state index < -0.39 is 0 Å². The number of carbonyl (C=O) groups excluding carboxylic acids is 1. The third-order valence-electron chi connectivity index (χ3n) is 3.79. The Bertz CT molecular complexity index is 713. The van der Waals surface area contributed by atoms with Crippen molar-refractivity contribution in [2.75, 3.05) is 14.2 Å². The van der Waals surface area contributed by atoms with E-state index in [2.05, 4.69) is 15.9 Å². The zero-order chi connectivity index (χ0) is 15.7. The van der Waals surface area contributed by atoms with Gasteiger partial charge in [0, 0.05) is 22.1 Å². The van der Waals surface area contributed by atoms with Gasteiger partial charge in [0.2, 0.25) is 0 Å². The summed E-state index contributed by atoms with van der Waals surface area (Å²) in [5.41, 5.74) is 2.73. The molecule has 2 aromatic rings. The number of hydrogen-bond acceptors (Lipinski definition) is 3. The molecule has 2 aromatic carbocycles. The summed E-state index contributed by atoms with van der Waals surface area (Å²) in [5.74, 6) is 1.59. The van der Waals surface area contributed by atoms with Crippen LogP contribution in [0.25, 0.3) is 0 Å². The molecule has 1 aliphatic heterocycles. The number of ether oxygens (including phenoxy) is 2. The molecule has 1 heterocycles. The minimum absolute atomic E-state index is 0.0328. The Kier molecular flexibility index (Phi) is 4.07. The standard InChI is InChI=1S/C17H16BrNO3/c1-21-13-5-3-11(4-6-13)9-19-10-15-14(17(19)20)7-12(18)8-16(15)22-2/h3-8H,9-10H2,1-2H3. The van der Waals surface area contributed by atoms with E-state index in [4.69, 9.17) is 9.47 Å². The van der Waals surface area contributed by atoms with Crippen molar-refractivity contribution in [1.29, 1.82) is 0 Å².